The third-order valence-corrected chi connectivity index (χ3v) is 2.87. The van der Waals surface area contributed by atoms with Crippen molar-refractivity contribution in [2.24, 2.45) is 0 Å². The standard InChI is InChI=1S/C13H14ClN3O3/c1-2-11-15-16-12(20-11)7-17(8-13(18)19)10-5-3-4-9(14)6-10/h3-6H,2,7-8H2,1H3,(H,18,19). The fourth-order valence-corrected chi connectivity index (χ4v) is 1.92. The van der Waals surface area contributed by atoms with Crippen LogP contribution in [0.15, 0.2) is 28.7 Å². The van der Waals surface area contributed by atoms with Gasteiger partial charge in [0.05, 0.1) is 6.54 Å². The summed E-state index contributed by atoms with van der Waals surface area (Å²) in [7, 11) is 0. The van der Waals surface area contributed by atoms with Crippen molar-refractivity contribution >= 4 is 23.3 Å². The minimum atomic E-state index is -0.944. The highest BCUT2D eigenvalue weighted by atomic mass is 35.5. The van der Waals surface area contributed by atoms with Gasteiger partial charge in [-0.1, -0.05) is 24.6 Å². The summed E-state index contributed by atoms with van der Waals surface area (Å²) in [6.45, 7) is 1.95. The summed E-state index contributed by atoms with van der Waals surface area (Å²) in [6.07, 6.45) is 0.642. The molecule has 0 aliphatic carbocycles. The predicted molar refractivity (Wildman–Crippen MR) is 73.8 cm³/mol. The first-order chi connectivity index (χ1) is 9.58. The Morgan fingerprint density at radius 2 is 2.15 bits per heavy atom. The van der Waals surface area contributed by atoms with Crippen molar-refractivity contribution in [3.63, 3.8) is 0 Å². The maximum Gasteiger partial charge on any atom is 0.323 e. The molecule has 0 amide bonds. The van der Waals surface area contributed by atoms with Gasteiger partial charge in [-0.15, -0.1) is 10.2 Å². The molecule has 106 valence electrons. The van der Waals surface area contributed by atoms with E-state index in [0.717, 1.165) is 0 Å². The van der Waals surface area contributed by atoms with Crippen molar-refractivity contribution in [2.75, 3.05) is 11.4 Å². The molecule has 0 radical (unpaired) electrons. The molecule has 2 rings (SSSR count). The van der Waals surface area contributed by atoms with E-state index in [1.165, 1.54) is 0 Å². The van der Waals surface area contributed by atoms with Crippen LogP contribution >= 0.6 is 11.6 Å². The number of rotatable bonds is 6. The van der Waals surface area contributed by atoms with Gasteiger partial charge in [-0.25, -0.2) is 0 Å². The summed E-state index contributed by atoms with van der Waals surface area (Å²) < 4.78 is 5.41. The Kier molecular flexibility index (Phi) is 4.57. The minimum absolute atomic E-state index is 0.176. The molecule has 1 heterocycles. The second-order valence-electron chi connectivity index (χ2n) is 4.17. The fourth-order valence-electron chi connectivity index (χ4n) is 1.73. The van der Waals surface area contributed by atoms with Crippen LogP contribution in [0.4, 0.5) is 5.69 Å². The molecule has 1 aromatic carbocycles. The molecule has 1 N–H and O–H groups in total. The number of carboxylic acid groups (broad SMARTS) is 1. The molecule has 0 aliphatic rings. The molecule has 0 aliphatic heterocycles. The smallest absolute Gasteiger partial charge is 0.323 e. The van der Waals surface area contributed by atoms with E-state index in [-0.39, 0.29) is 13.1 Å². The fraction of sp³-hybridized carbons (Fsp3) is 0.308. The summed E-state index contributed by atoms with van der Waals surface area (Å²) in [5.74, 6) is -0.0374. The lowest BCUT2D eigenvalue weighted by molar-refractivity contribution is -0.135. The van der Waals surface area contributed by atoms with Crippen LogP contribution in [0.1, 0.15) is 18.7 Å². The molecule has 7 heteroatoms. The van der Waals surface area contributed by atoms with E-state index >= 15 is 0 Å². The lowest BCUT2D eigenvalue weighted by Crippen LogP contribution is -2.29. The minimum Gasteiger partial charge on any atom is -0.480 e. The van der Waals surface area contributed by atoms with Gasteiger partial charge in [-0.05, 0) is 18.2 Å². The number of aromatic nitrogens is 2. The van der Waals surface area contributed by atoms with Crippen molar-refractivity contribution in [1.82, 2.24) is 10.2 Å². The number of carboxylic acids is 1. The third-order valence-electron chi connectivity index (χ3n) is 2.64. The summed E-state index contributed by atoms with van der Waals surface area (Å²) in [5, 5.41) is 17.3. The van der Waals surface area contributed by atoms with Crippen molar-refractivity contribution in [2.45, 2.75) is 19.9 Å². The van der Waals surface area contributed by atoms with Crippen LogP contribution in [0, 0.1) is 0 Å². The Bertz CT molecular complexity index is 600. The molecule has 2 aromatic rings. The summed E-state index contributed by atoms with van der Waals surface area (Å²) in [6, 6.07) is 6.97. The van der Waals surface area contributed by atoms with Crippen LogP contribution in [0.25, 0.3) is 0 Å². The van der Waals surface area contributed by atoms with Gasteiger partial charge >= 0.3 is 5.97 Å². The molecule has 0 spiro atoms. The van der Waals surface area contributed by atoms with Gasteiger partial charge in [0.1, 0.15) is 6.54 Å². The van der Waals surface area contributed by atoms with Gasteiger partial charge in [0.15, 0.2) is 0 Å². The summed E-state index contributed by atoms with van der Waals surface area (Å²) >= 11 is 5.93. The molecule has 0 saturated heterocycles. The van der Waals surface area contributed by atoms with E-state index < -0.39 is 5.97 Å². The number of halogens is 1. The normalized spacial score (nSPS) is 10.5. The molecule has 6 nitrogen and oxygen atoms in total. The largest absolute Gasteiger partial charge is 0.480 e. The Balaban J connectivity index is 2.21. The first kappa shape index (κ1) is 14.3. The molecule has 0 bridgehead atoms. The molecule has 1 aromatic heterocycles. The zero-order valence-electron chi connectivity index (χ0n) is 10.9. The quantitative estimate of drug-likeness (QED) is 0.881. The van der Waals surface area contributed by atoms with Crippen LogP contribution in [0.5, 0.6) is 0 Å². The van der Waals surface area contributed by atoms with E-state index in [0.29, 0.717) is 28.9 Å². The molecular formula is C13H14ClN3O3. The number of benzene rings is 1. The Morgan fingerprint density at radius 1 is 1.40 bits per heavy atom. The highest BCUT2D eigenvalue weighted by Gasteiger charge is 2.15. The second-order valence-corrected chi connectivity index (χ2v) is 4.61. The highest BCUT2D eigenvalue weighted by molar-refractivity contribution is 6.30. The molecule has 0 fully saturated rings. The van der Waals surface area contributed by atoms with Crippen molar-refractivity contribution in [1.29, 1.82) is 0 Å². The molecule has 0 unspecified atom stereocenters. The monoisotopic (exact) mass is 295 g/mol. The average Bonchev–Trinajstić information content (AvgIpc) is 2.85. The zero-order valence-corrected chi connectivity index (χ0v) is 11.7. The van der Waals surface area contributed by atoms with Crippen LogP contribution in [-0.2, 0) is 17.8 Å². The van der Waals surface area contributed by atoms with E-state index in [4.69, 9.17) is 21.1 Å². The Morgan fingerprint density at radius 3 is 2.75 bits per heavy atom. The van der Waals surface area contributed by atoms with Gasteiger partial charge in [0, 0.05) is 17.1 Å². The first-order valence-corrected chi connectivity index (χ1v) is 6.50. The van der Waals surface area contributed by atoms with Crippen LogP contribution in [0.3, 0.4) is 0 Å². The maximum absolute atomic E-state index is 11.0. The summed E-state index contributed by atoms with van der Waals surface area (Å²) in [4.78, 5) is 12.6. The maximum atomic E-state index is 11.0. The molecule has 0 saturated carbocycles. The van der Waals surface area contributed by atoms with Crippen molar-refractivity contribution < 1.29 is 14.3 Å². The topological polar surface area (TPSA) is 79.5 Å². The van der Waals surface area contributed by atoms with E-state index in [2.05, 4.69) is 10.2 Å². The van der Waals surface area contributed by atoms with Gasteiger partial charge in [-0.2, -0.15) is 0 Å². The number of anilines is 1. The Hall–Kier alpha value is -2.08. The van der Waals surface area contributed by atoms with Gasteiger partial charge < -0.3 is 14.4 Å². The van der Waals surface area contributed by atoms with Crippen LogP contribution in [0.2, 0.25) is 5.02 Å². The number of hydrogen-bond acceptors (Lipinski definition) is 5. The number of nitrogens with zero attached hydrogens (tertiary/aromatic N) is 3. The zero-order chi connectivity index (χ0) is 14.5. The van der Waals surface area contributed by atoms with E-state index in [1.807, 2.05) is 6.92 Å². The van der Waals surface area contributed by atoms with Crippen LogP contribution in [-0.4, -0.2) is 27.8 Å². The van der Waals surface area contributed by atoms with Gasteiger partial charge in [0.25, 0.3) is 0 Å². The Labute approximate surface area is 121 Å². The number of carbonyl (C=O) groups is 1. The first-order valence-electron chi connectivity index (χ1n) is 6.12. The molecule has 20 heavy (non-hydrogen) atoms. The lowest BCUT2D eigenvalue weighted by Gasteiger charge is -2.21. The molecular weight excluding hydrogens is 282 g/mol. The summed E-state index contributed by atoms with van der Waals surface area (Å²) in [5.41, 5.74) is 0.691. The molecule has 0 atom stereocenters. The average molecular weight is 296 g/mol. The van der Waals surface area contributed by atoms with Crippen molar-refractivity contribution in [3.8, 4) is 0 Å². The van der Waals surface area contributed by atoms with Gasteiger partial charge in [-0.3, -0.25) is 4.79 Å². The lowest BCUT2D eigenvalue weighted by atomic mass is 10.3. The van der Waals surface area contributed by atoms with Crippen molar-refractivity contribution in [3.05, 3.63) is 41.1 Å². The third kappa shape index (κ3) is 3.71. The number of aryl methyl sites for hydroxylation is 1. The number of hydrogen-bond donors (Lipinski definition) is 1. The van der Waals surface area contributed by atoms with E-state index in [9.17, 15) is 4.79 Å². The highest BCUT2D eigenvalue weighted by Crippen LogP contribution is 2.21. The van der Waals surface area contributed by atoms with Gasteiger partial charge in [0.2, 0.25) is 11.8 Å². The SMILES string of the molecule is CCc1nnc(CN(CC(=O)O)c2cccc(Cl)c2)o1. The number of aliphatic carboxylic acids is 1. The second kappa shape index (κ2) is 6.38. The van der Waals surface area contributed by atoms with Crippen LogP contribution < -0.4 is 4.90 Å². The predicted octanol–water partition coefficient (Wildman–Crippen LogP) is 2.38. The van der Waals surface area contributed by atoms with E-state index in [1.54, 1.807) is 29.2 Å².